The Kier molecular flexibility index (Phi) is 4.25. The first-order valence-electron chi connectivity index (χ1n) is 4.54. The van der Waals surface area contributed by atoms with Gasteiger partial charge in [-0.25, -0.2) is 0 Å². The van der Waals surface area contributed by atoms with E-state index in [2.05, 4.69) is 0 Å². The molecule has 90 valence electrons. The Hall–Kier alpha value is -0.0100. The second kappa shape index (κ2) is 4.88. The SMILES string of the molecule is O=P(O)(O)CC[C@@H]1C[C@H](O)[C@H](O)C(O)O1. The van der Waals surface area contributed by atoms with Gasteiger partial charge >= 0.3 is 7.60 Å². The largest absolute Gasteiger partial charge is 0.390 e. The molecule has 0 amide bonds. The highest BCUT2D eigenvalue weighted by Crippen LogP contribution is 2.36. The minimum absolute atomic E-state index is 0.0329. The summed E-state index contributed by atoms with van der Waals surface area (Å²) in [6.07, 6.45) is -4.93. The highest BCUT2D eigenvalue weighted by Gasteiger charge is 2.35. The lowest BCUT2D eigenvalue weighted by Gasteiger charge is -2.34. The number of hydrogen-bond acceptors (Lipinski definition) is 5. The molecule has 1 aliphatic heterocycles. The number of rotatable bonds is 3. The standard InChI is InChI=1S/C7H15O7P/c8-5-3-4(1-2-15(11,12)13)14-7(10)6(5)9/h4-10H,1-3H2,(H2,11,12,13)/t4-,5+,6+,7?/m1/s1. The summed E-state index contributed by atoms with van der Waals surface area (Å²) in [4.78, 5) is 17.2. The fourth-order valence-electron chi connectivity index (χ4n) is 1.43. The first-order chi connectivity index (χ1) is 6.79. The Balaban J connectivity index is 2.42. The van der Waals surface area contributed by atoms with Crippen LogP contribution in [0.15, 0.2) is 0 Å². The highest BCUT2D eigenvalue weighted by molar-refractivity contribution is 7.51. The van der Waals surface area contributed by atoms with Crippen molar-refractivity contribution in [2.24, 2.45) is 0 Å². The summed E-state index contributed by atoms with van der Waals surface area (Å²) < 4.78 is 15.4. The van der Waals surface area contributed by atoms with Crippen LogP contribution in [-0.2, 0) is 9.30 Å². The van der Waals surface area contributed by atoms with E-state index >= 15 is 0 Å². The maximum absolute atomic E-state index is 10.6. The Morgan fingerprint density at radius 3 is 2.33 bits per heavy atom. The molecule has 7 nitrogen and oxygen atoms in total. The van der Waals surface area contributed by atoms with E-state index in [9.17, 15) is 9.67 Å². The molecule has 0 spiro atoms. The van der Waals surface area contributed by atoms with Gasteiger partial charge in [0.1, 0.15) is 6.10 Å². The molecular formula is C7H15O7P. The molecule has 1 aliphatic rings. The third-order valence-electron chi connectivity index (χ3n) is 2.27. The highest BCUT2D eigenvalue weighted by atomic mass is 31.2. The van der Waals surface area contributed by atoms with Gasteiger partial charge in [0, 0.05) is 6.42 Å². The van der Waals surface area contributed by atoms with Crippen LogP contribution in [0.25, 0.3) is 0 Å². The molecule has 8 heteroatoms. The van der Waals surface area contributed by atoms with E-state index < -0.39 is 32.2 Å². The van der Waals surface area contributed by atoms with Gasteiger partial charge in [0.15, 0.2) is 6.29 Å². The minimum atomic E-state index is -4.09. The molecule has 0 aliphatic carbocycles. The second-order valence-electron chi connectivity index (χ2n) is 3.62. The van der Waals surface area contributed by atoms with E-state index in [1.54, 1.807) is 0 Å². The lowest BCUT2D eigenvalue weighted by Crippen LogP contribution is -2.48. The molecule has 1 saturated heterocycles. The molecule has 0 saturated carbocycles. The van der Waals surface area contributed by atoms with Crippen molar-refractivity contribution in [3.8, 4) is 0 Å². The zero-order valence-corrected chi connectivity index (χ0v) is 8.82. The lowest BCUT2D eigenvalue weighted by atomic mass is 10.0. The molecule has 1 fully saturated rings. The van der Waals surface area contributed by atoms with Gasteiger partial charge in [-0.15, -0.1) is 0 Å². The van der Waals surface area contributed by atoms with Crippen LogP contribution >= 0.6 is 7.60 Å². The monoisotopic (exact) mass is 242 g/mol. The van der Waals surface area contributed by atoms with E-state index in [1.807, 2.05) is 0 Å². The first kappa shape index (κ1) is 13.1. The van der Waals surface area contributed by atoms with Crippen LogP contribution in [0, 0.1) is 0 Å². The van der Waals surface area contributed by atoms with Gasteiger partial charge in [-0.2, -0.15) is 0 Å². The molecule has 4 atom stereocenters. The van der Waals surface area contributed by atoms with E-state index in [0.717, 1.165) is 0 Å². The van der Waals surface area contributed by atoms with E-state index in [0.29, 0.717) is 0 Å². The molecule has 1 heterocycles. The molecule has 0 aromatic rings. The second-order valence-corrected chi connectivity index (χ2v) is 5.40. The van der Waals surface area contributed by atoms with Gasteiger partial charge in [0.25, 0.3) is 0 Å². The molecule has 5 N–H and O–H groups in total. The zero-order valence-electron chi connectivity index (χ0n) is 7.93. The van der Waals surface area contributed by atoms with Crippen LogP contribution < -0.4 is 0 Å². The van der Waals surface area contributed by atoms with Gasteiger partial charge in [-0.1, -0.05) is 0 Å². The van der Waals surface area contributed by atoms with E-state index in [-0.39, 0.29) is 19.0 Å². The van der Waals surface area contributed by atoms with Crippen molar-refractivity contribution in [1.29, 1.82) is 0 Å². The molecule has 1 unspecified atom stereocenters. The van der Waals surface area contributed by atoms with Gasteiger partial charge in [0.2, 0.25) is 0 Å². The van der Waals surface area contributed by atoms with Gasteiger partial charge in [-0.05, 0) is 6.42 Å². The number of hydrogen-bond donors (Lipinski definition) is 5. The summed E-state index contributed by atoms with van der Waals surface area (Å²) in [7, 11) is -4.09. The summed E-state index contributed by atoms with van der Waals surface area (Å²) in [6.45, 7) is 0. The summed E-state index contributed by atoms with van der Waals surface area (Å²) in [5.74, 6) is 0. The predicted octanol–water partition coefficient (Wildman–Crippen LogP) is -1.62. The summed E-state index contributed by atoms with van der Waals surface area (Å²) in [5.41, 5.74) is 0. The van der Waals surface area contributed by atoms with Crippen LogP contribution in [0.4, 0.5) is 0 Å². The molecule has 0 bridgehead atoms. The van der Waals surface area contributed by atoms with Crippen molar-refractivity contribution in [3.63, 3.8) is 0 Å². The summed E-state index contributed by atoms with van der Waals surface area (Å²) in [5, 5.41) is 27.5. The fraction of sp³-hybridized carbons (Fsp3) is 1.00. The fourth-order valence-corrected chi connectivity index (χ4v) is 2.05. The van der Waals surface area contributed by atoms with E-state index in [1.165, 1.54) is 0 Å². The van der Waals surface area contributed by atoms with Crippen molar-refractivity contribution < 1.29 is 34.4 Å². The van der Waals surface area contributed by atoms with Crippen molar-refractivity contribution in [2.45, 2.75) is 37.4 Å². The Morgan fingerprint density at radius 2 is 1.87 bits per heavy atom. The Labute approximate surface area is 86.5 Å². The quantitative estimate of drug-likeness (QED) is 0.376. The third kappa shape index (κ3) is 4.16. The van der Waals surface area contributed by atoms with Crippen LogP contribution in [0.3, 0.4) is 0 Å². The maximum Gasteiger partial charge on any atom is 0.325 e. The molecule has 0 radical (unpaired) electrons. The van der Waals surface area contributed by atoms with Crippen LogP contribution in [0.2, 0.25) is 0 Å². The predicted molar refractivity (Wildman–Crippen MR) is 49.0 cm³/mol. The van der Waals surface area contributed by atoms with Crippen molar-refractivity contribution >= 4 is 7.60 Å². The number of aliphatic hydroxyl groups excluding tert-OH is 3. The Bertz CT molecular complexity index is 240. The first-order valence-corrected chi connectivity index (χ1v) is 6.33. The molecular weight excluding hydrogens is 227 g/mol. The third-order valence-corrected chi connectivity index (χ3v) is 3.11. The van der Waals surface area contributed by atoms with Crippen LogP contribution in [-0.4, -0.2) is 55.9 Å². The molecule has 15 heavy (non-hydrogen) atoms. The normalized spacial score (nSPS) is 37.9. The average Bonchev–Trinajstić information content (AvgIpc) is 2.09. The van der Waals surface area contributed by atoms with Crippen molar-refractivity contribution in [1.82, 2.24) is 0 Å². The smallest absolute Gasteiger partial charge is 0.325 e. The van der Waals surface area contributed by atoms with Crippen LogP contribution in [0.5, 0.6) is 0 Å². The van der Waals surface area contributed by atoms with Crippen molar-refractivity contribution in [2.75, 3.05) is 6.16 Å². The average molecular weight is 242 g/mol. The zero-order chi connectivity index (χ0) is 11.6. The number of ether oxygens (including phenoxy) is 1. The van der Waals surface area contributed by atoms with Gasteiger partial charge in [0.05, 0.1) is 18.4 Å². The van der Waals surface area contributed by atoms with Gasteiger partial charge in [-0.3, -0.25) is 4.57 Å². The summed E-state index contributed by atoms with van der Waals surface area (Å²) in [6, 6.07) is 0. The molecule has 0 aromatic heterocycles. The summed E-state index contributed by atoms with van der Waals surface area (Å²) >= 11 is 0. The van der Waals surface area contributed by atoms with Crippen LogP contribution in [0.1, 0.15) is 12.8 Å². The van der Waals surface area contributed by atoms with Crippen molar-refractivity contribution in [3.05, 3.63) is 0 Å². The molecule has 0 aromatic carbocycles. The maximum atomic E-state index is 10.6. The Morgan fingerprint density at radius 1 is 1.27 bits per heavy atom. The lowest BCUT2D eigenvalue weighted by molar-refractivity contribution is -0.246. The topological polar surface area (TPSA) is 127 Å². The van der Waals surface area contributed by atoms with Gasteiger partial charge < -0.3 is 29.8 Å². The molecule has 1 rings (SSSR count). The number of aliphatic hydroxyl groups is 3. The minimum Gasteiger partial charge on any atom is -0.390 e. The van der Waals surface area contributed by atoms with E-state index in [4.69, 9.17) is 24.7 Å².